The molecule has 1 aliphatic heterocycles. The van der Waals surface area contributed by atoms with Gasteiger partial charge in [0, 0.05) is 41.6 Å². The first-order chi connectivity index (χ1) is 11.8. The monoisotopic (exact) mass is 321 g/mol. The van der Waals surface area contributed by atoms with E-state index in [9.17, 15) is 4.79 Å². The Hall–Kier alpha value is -3.21. The third-order valence-corrected chi connectivity index (χ3v) is 4.39. The van der Waals surface area contributed by atoms with E-state index in [-0.39, 0.29) is 18.4 Å². The molecule has 3 aromatic heterocycles. The minimum Gasteiger partial charge on any atom is -0.354 e. The van der Waals surface area contributed by atoms with Crippen LogP contribution in [0.3, 0.4) is 0 Å². The normalized spacial score (nSPS) is 17.3. The molecule has 0 aliphatic carbocycles. The summed E-state index contributed by atoms with van der Waals surface area (Å²) in [4.78, 5) is 21.6. The number of carbonyl (C=O) groups excluding carboxylic acids is 1. The van der Waals surface area contributed by atoms with Gasteiger partial charge in [0.25, 0.3) is 0 Å². The van der Waals surface area contributed by atoms with E-state index in [0.29, 0.717) is 6.54 Å². The number of carbonyl (C=O) groups is 1. The van der Waals surface area contributed by atoms with E-state index in [1.165, 1.54) is 0 Å². The van der Waals surface area contributed by atoms with Crippen LogP contribution in [0, 0.1) is 17.2 Å². The number of nitrogens with one attached hydrogen (secondary N) is 2. The maximum absolute atomic E-state index is 12.1. The van der Waals surface area contributed by atoms with Crippen LogP contribution in [0.4, 0.5) is 5.82 Å². The zero-order valence-electron chi connectivity index (χ0n) is 12.9. The number of anilines is 1. The number of fused-ring (bicyclic) bond motifs is 3. The topological polar surface area (TPSA) is 111 Å². The molecule has 3 aromatic rings. The minimum absolute atomic E-state index is 0.0407. The average molecular weight is 321 g/mol. The van der Waals surface area contributed by atoms with E-state index in [2.05, 4.69) is 30.4 Å². The molecule has 0 radical (unpaired) electrons. The van der Waals surface area contributed by atoms with E-state index in [0.717, 1.165) is 40.6 Å². The van der Waals surface area contributed by atoms with Gasteiger partial charge in [0.05, 0.1) is 18.2 Å². The second-order valence-corrected chi connectivity index (χ2v) is 5.80. The Labute approximate surface area is 137 Å². The van der Waals surface area contributed by atoms with Crippen molar-refractivity contribution in [1.82, 2.24) is 25.5 Å². The lowest BCUT2D eigenvalue weighted by molar-refractivity contribution is -0.124. The maximum Gasteiger partial charge on any atom is 0.225 e. The molecule has 0 spiro atoms. The van der Waals surface area contributed by atoms with Crippen molar-refractivity contribution in [2.24, 2.45) is 5.92 Å². The Morgan fingerprint density at radius 1 is 1.50 bits per heavy atom. The quantitative estimate of drug-likeness (QED) is 0.696. The first kappa shape index (κ1) is 14.4. The number of H-pyrrole nitrogens is 1. The molecular weight excluding hydrogens is 306 g/mol. The van der Waals surface area contributed by atoms with E-state index in [1.807, 2.05) is 18.3 Å². The molecule has 0 aromatic carbocycles. The molecule has 1 amide bonds. The summed E-state index contributed by atoms with van der Waals surface area (Å²) in [5.74, 6) is 0.551. The summed E-state index contributed by atoms with van der Waals surface area (Å²) in [6, 6.07) is 3.90. The van der Waals surface area contributed by atoms with E-state index in [4.69, 9.17) is 5.26 Å². The Morgan fingerprint density at radius 2 is 2.42 bits per heavy atom. The average Bonchev–Trinajstić information content (AvgIpc) is 3.28. The highest BCUT2D eigenvalue weighted by Crippen LogP contribution is 2.32. The van der Waals surface area contributed by atoms with Gasteiger partial charge in [0.1, 0.15) is 12.2 Å². The Kier molecular flexibility index (Phi) is 3.46. The number of aromatic amines is 1. The third kappa shape index (κ3) is 2.31. The number of rotatable bonds is 3. The fraction of sp³-hybridized carbons (Fsp3) is 0.312. The number of nitrogens with zero attached hydrogens (tertiary/aromatic N) is 5. The predicted molar refractivity (Wildman–Crippen MR) is 88.1 cm³/mol. The first-order valence-corrected chi connectivity index (χ1v) is 7.75. The van der Waals surface area contributed by atoms with Gasteiger partial charge < -0.3 is 15.2 Å². The number of aromatic nitrogens is 4. The number of hydrogen-bond acceptors (Lipinski definition) is 6. The van der Waals surface area contributed by atoms with Crippen LogP contribution in [-0.2, 0) is 4.79 Å². The molecule has 1 atom stereocenters. The smallest absolute Gasteiger partial charge is 0.225 e. The van der Waals surface area contributed by atoms with Crippen LogP contribution in [0.2, 0.25) is 0 Å². The zero-order chi connectivity index (χ0) is 16.5. The number of hydrogen-bond donors (Lipinski definition) is 2. The number of amides is 1. The predicted octanol–water partition coefficient (Wildman–Crippen LogP) is 0.972. The zero-order valence-corrected chi connectivity index (χ0v) is 12.9. The van der Waals surface area contributed by atoms with Crippen molar-refractivity contribution in [2.75, 3.05) is 24.5 Å². The molecule has 8 heteroatoms. The van der Waals surface area contributed by atoms with Crippen molar-refractivity contribution in [3.05, 3.63) is 24.7 Å². The first-order valence-electron chi connectivity index (χ1n) is 7.75. The SMILES string of the molecule is N#CCNC(=O)C1CCN(c2nncc3cnc4[nH]ccc4c23)C1. The molecule has 1 saturated heterocycles. The van der Waals surface area contributed by atoms with E-state index >= 15 is 0 Å². The summed E-state index contributed by atoms with van der Waals surface area (Å²) in [6.45, 7) is 1.34. The molecule has 4 rings (SSSR count). The highest BCUT2D eigenvalue weighted by atomic mass is 16.1. The van der Waals surface area contributed by atoms with Crippen molar-refractivity contribution < 1.29 is 4.79 Å². The lowest BCUT2D eigenvalue weighted by Gasteiger charge is -2.18. The van der Waals surface area contributed by atoms with Gasteiger partial charge in [-0.25, -0.2) is 4.98 Å². The second kappa shape index (κ2) is 5.77. The van der Waals surface area contributed by atoms with Gasteiger partial charge in [0.15, 0.2) is 5.82 Å². The maximum atomic E-state index is 12.1. The molecule has 1 aliphatic rings. The summed E-state index contributed by atoms with van der Waals surface area (Å²) in [6.07, 6.45) is 6.06. The van der Waals surface area contributed by atoms with E-state index in [1.54, 1.807) is 12.4 Å². The summed E-state index contributed by atoms with van der Waals surface area (Å²) >= 11 is 0. The van der Waals surface area contributed by atoms with Gasteiger partial charge in [-0.1, -0.05) is 0 Å². The Morgan fingerprint density at radius 3 is 3.29 bits per heavy atom. The molecular formula is C16H15N7O. The fourth-order valence-electron chi connectivity index (χ4n) is 3.23. The highest BCUT2D eigenvalue weighted by molar-refractivity contribution is 6.10. The van der Waals surface area contributed by atoms with Crippen LogP contribution in [0.1, 0.15) is 6.42 Å². The summed E-state index contributed by atoms with van der Waals surface area (Å²) in [5, 5.41) is 22.5. The van der Waals surface area contributed by atoms with Gasteiger partial charge in [0.2, 0.25) is 5.91 Å². The Bertz CT molecular complexity index is 958. The van der Waals surface area contributed by atoms with Gasteiger partial charge >= 0.3 is 0 Å². The number of nitriles is 1. The summed E-state index contributed by atoms with van der Waals surface area (Å²) < 4.78 is 0. The van der Waals surface area contributed by atoms with E-state index < -0.39 is 0 Å². The molecule has 2 N–H and O–H groups in total. The van der Waals surface area contributed by atoms with Crippen molar-refractivity contribution >= 4 is 33.5 Å². The Balaban J connectivity index is 1.69. The van der Waals surface area contributed by atoms with Crippen LogP contribution < -0.4 is 10.2 Å². The van der Waals surface area contributed by atoms with Gasteiger partial charge in [-0.05, 0) is 12.5 Å². The third-order valence-electron chi connectivity index (χ3n) is 4.39. The van der Waals surface area contributed by atoms with Crippen molar-refractivity contribution in [3.8, 4) is 6.07 Å². The highest BCUT2D eigenvalue weighted by Gasteiger charge is 2.30. The largest absolute Gasteiger partial charge is 0.354 e. The molecule has 0 saturated carbocycles. The van der Waals surface area contributed by atoms with Gasteiger partial charge in [-0.2, -0.15) is 10.4 Å². The van der Waals surface area contributed by atoms with Gasteiger partial charge in [-0.3, -0.25) is 4.79 Å². The van der Waals surface area contributed by atoms with Crippen LogP contribution in [0.15, 0.2) is 24.7 Å². The molecule has 120 valence electrons. The lowest BCUT2D eigenvalue weighted by atomic mass is 10.1. The van der Waals surface area contributed by atoms with Gasteiger partial charge in [-0.15, -0.1) is 5.10 Å². The second-order valence-electron chi connectivity index (χ2n) is 5.80. The standard InChI is InChI=1S/C16H15N7O/c17-3-5-19-16(24)10-2-6-23(9-10)15-13-11(8-21-22-15)7-20-14-12(13)1-4-18-14/h1,4,7-8,10H,2,5-6,9H2,(H,18,20)(H,19,24). The summed E-state index contributed by atoms with van der Waals surface area (Å²) in [7, 11) is 0. The minimum atomic E-state index is -0.140. The molecule has 4 heterocycles. The summed E-state index contributed by atoms with van der Waals surface area (Å²) in [5.41, 5.74) is 0.805. The molecule has 1 unspecified atom stereocenters. The van der Waals surface area contributed by atoms with Crippen LogP contribution >= 0.6 is 0 Å². The van der Waals surface area contributed by atoms with Crippen molar-refractivity contribution in [1.29, 1.82) is 5.26 Å². The van der Waals surface area contributed by atoms with Crippen molar-refractivity contribution in [3.63, 3.8) is 0 Å². The lowest BCUT2D eigenvalue weighted by Crippen LogP contribution is -2.33. The molecule has 0 bridgehead atoms. The van der Waals surface area contributed by atoms with Crippen molar-refractivity contribution in [2.45, 2.75) is 6.42 Å². The van der Waals surface area contributed by atoms with Crippen LogP contribution in [0.5, 0.6) is 0 Å². The number of pyridine rings is 1. The fourth-order valence-corrected chi connectivity index (χ4v) is 3.23. The van der Waals surface area contributed by atoms with Crippen LogP contribution in [-0.4, -0.2) is 45.7 Å². The van der Waals surface area contributed by atoms with Crippen LogP contribution in [0.25, 0.3) is 21.8 Å². The molecule has 24 heavy (non-hydrogen) atoms. The molecule has 8 nitrogen and oxygen atoms in total. The molecule has 1 fully saturated rings.